The van der Waals surface area contributed by atoms with Crippen LogP contribution >= 0.6 is 0 Å². The topological polar surface area (TPSA) is 17.8 Å². The third-order valence-corrected chi connectivity index (χ3v) is 2.66. The van der Waals surface area contributed by atoms with Gasteiger partial charge in [-0.1, -0.05) is 36.4 Å². The van der Waals surface area contributed by atoms with Gasteiger partial charge >= 0.3 is 0 Å². The lowest BCUT2D eigenvalue weighted by atomic mass is 10.2. The molecule has 0 saturated heterocycles. The molecule has 1 aromatic heterocycles. The van der Waals surface area contributed by atoms with Crippen molar-refractivity contribution < 1.29 is 0 Å². The molecule has 0 fully saturated rings. The molecule has 0 bridgehead atoms. The Kier molecular flexibility index (Phi) is 2.18. The van der Waals surface area contributed by atoms with E-state index in [1.807, 2.05) is 35.1 Å². The molecule has 0 aliphatic heterocycles. The summed E-state index contributed by atoms with van der Waals surface area (Å²) in [7, 11) is 0. The van der Waals surface area contributed by atoms with Crippen molar-refractivity contribution in [1.82, 2.24) is 9.78 Å². The van der Waals surface area contributed by atoms with E-state index in [1.165, 1.54) is 5.56 Å². The zero-order chi connectivity index (χ0) is 10.8. The van der Waals surface area contributed by atoms with Crippen LogP contribution in [-0.4, -0.2) is 9.78 Å². The van der Waals surface area contributed by atoms with Crippen molar-refractivity contribution in [3.8, 4) is 0 Å². The van der Waals surface area contributed by atoms with Crippen LogP contribution in [0.25, 0.3) is 10.9 Å². The minimum atomic E-state index is 0.814. The van der Waals surface area contributed by atoms with Gasteiger partial charge < -0.3 is 0 Å². The minimum absolute atomic E-state index is 0.814. The summed E-state index contributed by atoms with van der Waals surface area (Å²) in [6.45, 7) is 0.814. The van der Waals surface area contributed by atoms with E-state index in [9.17, 15) is 0 Å². The Bertz CT molecular complexity index is 596. The van der Waals surface area contributed by atoms with Crippen LogP contribution in [0.4, 0.5) is 0 Å². The fraction of sp³-hybridized carbons (Fsp3) is 0.0714. The molecular weight excluding hydrogens is 196 g/mol. The largest absolute Gasteiger partial charge is 0.260 e. The number of rotatable bonds is 2. The van der Waals surface area contributed by atoms with E-state index >= 15 is 0 Å². The Morgan fingerprint density at radius 1 is 1.12 bits per heavy atom. The van der Waals surface area contributed by atoms with Crippen molar-refractivity contribution in [2.75, 3.05) is 0 Å². The Morgan fingerprint density at radius 3 is 2.88 bits per heavy atom. The van der Waals surface area contributed by atoms with Crippen LogP contribution in [0.3, 0.4) is 0 Å². The molecular formula is C14H11N2. The van der Waals surface area contributed by atoms with E-state index in [1.54, 1.807) is 0 Å². The number of nitrogens with zero attached hydrogens (tertiary/aromatic N) is 2. The van der Waals surface area contributed by atoms with E-state index in [4.69, 9.17) is 0 Å². The molecule has 0 aliphatic rings. The third-order valence-electron chi connectivity index (χ3n) is 2.66. The highest BCUT2D eigenvalue weighted by Gasteiger charge is 2.01. The molecule has 1 radical (unpaired) electrons. The summed E-state index contributed by atoms with van der Waals surface area (Å²) >= 11 is 0. The minimum Gasteiger partial charge on any atom is -0.260 e. The summed E-state index contributed by atoms with van der Waals surface area (Å²) in [4.78, 5) is 0. The van der Waals surface area contributed by atoms with Crippen LogP contribution in [0.2, 0.25) is 0 Å². The summed E-state index contributed by atoms with van der Waals surface area (Å²) in [5.74, 6) is 0. The first-order valence-corrected chi connectivity index (χ1v) is 5.29. The maximum atomic E-state index is 4.39. The first kappa shape index (κ1) is 9.16. The Balaban J connectivity index is 2.01. The first-order chi connectivity index (χ1) is 7.93. The summed E-state index contributed by atoms with van der Waals surface area (Å²) in [6, 6.07) is 19.3. The molecule has 0 atom stereocenters. The van der Waals surface area contributed by atoms with Crippen molar-refractivity contribution in [2.24, 2.45) is 0 Å². The molecule has 2 nitrogen and oxygen atoms in total. The van der Waals surface area contributed by atoms with Gasteiger partial charge in [-0.05, 0) is 23.8 Å². The van der Waals surface area contributed by atoms with Gasteiger partial charge in [0.15, 0.2) is 0 Å². The first-order valence-electron chi connectivity index (χ1n) is 5.29. The molecule has 77 valence electrons. The highest BCUT2D eigenvalue weighted by molar-refractivity contribution is 5.78. The van der Waals surface area contributed by atoms with Gasteiger partial charge in [0.1, 0.15) is 0 Å². The predicted molar refractivity (Wildman–Crippen MR) is 64.1 cm³/mol. The Morgan fingerprint density at radius 2 is 2.00 bits per heavy atom. The molecule has 3 rings (SSSR count). The third kappa shape index (κ3) is 1.58. The maximum Gasteiger partial charge on any atom is 0.0686 e. The molecule has 2 aromatic carbocycles. The maximum absolute atomic E-state index is 4.39. The monoisotopic (exact) mass is 207 g/mol. The van der Waals surface area contributed by atoms with Crippen molar-refractivity contribution in [2.45, 2.75) is 6.54 Å². The molecule has 1 heterocycles. The highest BCUT2D eigenvalue weighted by Crippen LogP contribution is 2.13. The van der Waals surface area contributed by atoms with E-state index < -0.39 is 0 Å². The summed E-state index contributed by atoms with van der Waals surface area (Å²) in [5.41, 5.74) is 2.42. The molecule has 0 spiro atoms. The summed E-state index contributed by atoms with van der Waals surface area (Å²) in [5, 5.41) is 5.52. The van der Waals surface area contributed by atoms with E-state index in [0.29, 0.717) is 0 Å². The van der Waals surface area contributed by atoms with Gasteiger partial charge in [-0.3, -0.25) is 4.68 Å². The van der Waals surface area contributed by atoms with Gasteiger partial charge in [0.25, 0.3) is 0 Å². The normalized spacial score (nSPS) is 10.8. The van der Waals surface area contributed by atoms with Crippen molar-refractivity contribution >= 4 is 10.9 Å². The van der Waals surface area contributed by atoms with E-state index in [0.717, 1.165) is 17.4 Å². The molecule has 0 N–H and O–H groups in total. The van der Waals surface area contributed by atoms with Crippen molar-refractivity contribution in [3.63, 3.8) is 0 Å². The Labute approximate surface area is 94.1 Å². The number of hydrogen-bond acceptors (Lipinski definition) is 1. The number of fused-ring (bicyclic) bond motifs is 1. The summed E-state index contributed by atoms with van der Waals surface area (Å²) in [6.07, 6.45) is 1.88. The number of aromatic nitrogens is 2. The zero-order valence-electron chi connectivity index (χ0n) is 8.80. The van der Waals surface area contributed by atoms with Crippen LogP contribution in [0, 0.1) is 6.07 Å². The van der Waals surface area contributed by atoms with Crippen LogP contribution in [-0.2, 0) is 6.54 Å². The number of benzene rings is 2. The second-order valence-electron chi connectivity index (χ2n) is 3.77. The van der Waals surface area contributed by atoms with Gasteiger partial charge in [-0.15, -0.1) is 0 Å². The molecule has 0 saturated carbocycles. The van der Waals surface area contributed by atoms with Crippen LogP contribution in [0.5, 0.6) is 0 Å². The molecule has 3 aromatic rings. The van der Waals surface area contributed by atoms with E-state index in [2.05, 4.69) is 35.4 Å². The molecule has 2 heteroatoms. The second-order valence-corrected chi connectivity index (χ2v) is 3.77. The standard InChI is InChI=1S/C14H11N2/c1-2-6-12(7-3-1)11-16-14-9-5-4-8-13(14)10-15-16/h1-3,5-10H,11H2. The zero-order valence-corrected chi connectivity index (χ0v) is 8.80. The van der Waals surface area contributed by atoms with Crippen molar-refractivity contribution in [1.29, 1.82) is 0 Å². The van der Waals surface area contributed by atoms with Gasteiger partial charge in [-0.2, -0.15) is 5.10 Å². The van der Waals surface area contributed by atoms with Gasteiger partial charge in [0.05, 0.1) is 18.3 Å². The van der Waals surface area contributed by atoms with E-state index in [-0.39, 0.29) is 0 Å². The lowest BCUT2D eigenvalue weighted by Crippen LogP contribution is -2.00. The quantitative estimate of drug-likeness (QED) is 0.631. The molecule has 0 amide bonds. The average molecular weight is 207 g/mol. The highest BCUT2D eigenvalue weighted by atomic mass is 15.3. The van der Waals surface area contributed by atoms with Gasteiger partial charge in [0.2, 0.25) is 0 Å². The molecule has 0 unspecified atom stereocenters. The average Bonchev–Trinajstić information content (AvgIpc) is 2.74. The second kappa shape index (κ2) is 3.81. The SMILES string of the molecule is [c]1ccc2c(c1)cnn2Cc1ccccc1. The van der Waals surface area contributed by atoms with Gasteiger partial charge in [-0.25, -0.2) is 0 Å². The number of hydrogen-bond donors (Lipinski definition) is 0. The Hall–Kier alpha value is -2.09. The van der Waals surface area contributed by atoms with Crippen LogP contribution in [0.15, 0.2) is 54.7 Å². The van der Waals surface area contributed by atoms with Crippen LogP contribution < -0.4 is 0 Å². The van der Waals surface area contributed by atoms with Crippen molar-refractivity contribution in [3.05, 3.63) is 66.4 Å². The van der Waals surface area contributed by atoms with Gasteiger partial charge in [0, 0.05) is 5.39 Å². The summed E-state index contributed by atoms with van der Waals surface area (Å²) < 4.78 is 2.01. The predicted octanol–water partition coefficient (Wildman–Crippen LogP) is 2.88. The molecule has 0 aliphatic carbocycles. The fourth-order valence-electron chi connectivity index (χ4n) is 1.85. The van der Waals surface area contributed by atoms with Crippen LogP contribution in [0.1, 0.15) is 5.56 Å². The lowest BCUT2D eigenvalue weighted by molar-refractivity contribution is 0.712. The fourth-order valence-corrected chi connectivity index (χ4v) is 1.85. The molecule has 16 heavy (non-hydrogen) atoms. The smallest absolute Gasteiger partial charge is 0.0686 e. The lowest BCUT2D eigenvalue weighted by Gasteiger charge is -2.03.